The Balaban J connectivity index is 1.77. The Labute approximate surface area is 315 Å². The molecule has 0 heterocycles. The molecule has 3 rings (SSSR count). The first-order valence-corrected chi connectivity index (χ1v) is 29.4. The maximum Gasteiger partial charge on any atom is 0.192 e. The maximum absolute atomic E-state index is 7.13. The van der Waals surface area contributed by atoms with Crippen molar-refractivity contribution in [3.8, 4) is 0 Å². The fourth-order valence-electron chi connectivity index (χ4n) is 8.57. The second kappa shape index (κ2) is 15.8. The molecule has 0 aliphatic heterocycles. The van der Waals surface area contributed by atoms with Crippen LogP contribution in [-0.4, -0.2) is 43.3 Å². The van der Waals surface area contributed by atoms with Crippen LogP contribution < -0.4 is 0 Å². The van der Waals surface area contributed by atoms with Crippen molar-refractivity contribution >= 4 is 25.0 Å². The van der Waals surface area contributed by atoms with Crippen LogP contribution in [0.15, 0.2) is 35.5 Å². The molecule has 0 amide bonds. The second-order valence-electron chi connectivity index (χ2n) is 22.0. The lowest BCUT2D eigenvalue weighted by Gasteiger charge is -2.46. The molecule has 2 unspecified atom stereocenters. The van der Waals surface area contributed by atoms with Gasteiger partial charge in [-0.2, -0.15) is 0 Å². The van der Waals surface area contributed by atoms with Crippen molar-refractivity contribution in [2.24, 2.45) is 23.2 Å². The van der Waals surface area contributed by atoms with Crippen molar-refractivity contribution in [1.82, 2.24) is 0 Å². The summed E-state index contributed by atoms with van der Waals surface area (Å²) in [5.74, 6) is 2.32. The number of hydrogen-bond acceptors (Lipinski definition) is 3. The molecule has 0 saturated heterocycles. The smallest absolute Gasteiger partial charge is 0.192 e. The summed E-state index contributed by atoms with van der Waals surface area (Å²) in [4.78, 5) is 0. The summed E-state index contributed by atoms with van der Waals surface area (Å²) in [5, 5.41) is 0.591. The van der Waals surface area contributed by atoms with Gasteiger partial charge in [-0.3, -0.25) is 0 Å². The monoisotopic (exact) mass is 745 g/mol. The van der Waals surface area contributed by atoms with Crippen LogP contribution in [-0.2, 0) is 13.3 Å². The van der Waals surface area contributed by atoms with Crippen molar-refractivity contribution in [2.45, 2.75) is 220 Å². The highest BCUT2D eigenvalue weighted by Crippen LogP contribution is 2.60. The Morgan fingerprint density at radius 2 is 1.26 bits per heavy atom. The zero-order valence-corrected chi connectivity index (χ0v) is 39.6. The fraction of sp³-hybridized carbons (Fsp3) is 0.864. The molecule has 50 heavy (non-hydrogen) atoms. The first-order valence-electron chi connectivity index (χ1n) is 20.6. The van der Waals surface area contributed by atoms with Gasteiger partial charge in [-0.25, -0.2) is 0 Å². The number of hydrogen-bond donors (Lipinski definition) is 0. The molecule has 7 atom stereocenters. The average molecular weight is 745 g/mol. The first kappa shape index (κ1) is 44.1. The van der Waals surface area contributed by atoms with Crippen LogP contribution in [0.3, 0.4) is 0 Å². The van der Waals surface area contributed by atoms with Gasteiger partial charge in [-0.1, -0.05) is 119 Å². The normalized spacial score (nSPS) is 30.6. The van der Waals surface area contributed by atoms with Gasteiger partial charge in [-0.15, -0.1) is 0 Å². The SMILES string of the molecule is C=C1C(O[Si](C)(C)C(C)(C)C)C/C(=C/C=C2\CCC[C@]3(C)[C@@H]([C@H](C)CCCC(C)O[Si](C)(C)C(C)(C)C)CC[C@@H]23)C[C@H]1O[Si](C)(C)C(C)(C)C. The molecule has 0 radical (unpaired) electrons. The lowest BCUT2D eigenvalue weighted by Crippen LogP contribution is -2.49. The Kier molecular flexibility index (Phi) is 14.0. The van der Waals surface area contributed by atoms with Crippen LogP contribution in [0.1, 0.15) is 147 Å². The van der Waals surface area contributed by atoms with Crippen LogP contribution in [0.25, 0.3) is 0 Å². The molecule has 0 aromatic rings. The van der Waals surface area contributed by atoms with Gasteiger partial charge in [0.1, 0.15) is 0 Å². The van der Waals surface area contributed by atoms with Crippen molar-refractivity contribution < 1.29 is 13.3 Å². The molecular formula is C44H84O3Si3. The lowest BCUT2D eigenvalue weighted by molar-refractivity contribution is 0.0910. The summed E-state index contributed by atoms with van der Waals surface area (Å²) in [6, 6.07) is 0. The van der Waals surface area contributed by atoms with Crippen LogP contribution in [0.2, 0.25) is 54.4 Å². The standard InChI is InChI=1S/C44H84O3Si3/c1-32(22-20-23-33(2)45-48(14,15)41(4,5)6)37-27-28-38-36(24-21-29-44(37,38)13)26-25-35-30-39(46-49(16,17)42(7,8)9)34(3)40(31-35)47-50(18,19)43(10,11)12/h25-26,32-33,37-40H,3,20-24,27-31H2,1-2,4-19H3/b35-25-,36-26+/t32-,33?,37-,38+,39?,40-,44-/m1/s1. The average Bonchev–Trinajstić information content (AvgIpc) is 3.29. The van der Waals surface area contributed by atoms with Crippen molar-refractivity contribution in [3.05, 3.63) is 35.5 Å². The molecule has 0 aromatic heterocycles. The molecular weight excluding hydrogens is 661 g/mol. The minimum atomic E-state index is -1.98. The van der Waals surface area contributed by atoms with Gasteiger partial charge in [0.25, 0.3) is 0 Å². The summed E-state index contributed by atoms with van der Waals surface area (Å²) in [5.41, 5.74) is 4.80. The maximum atomic E-state index is 7.13. The predicted octanol–water partition coefficient (Wildman–Crippen LogP) is 14.4. The van der Waals surface area contributed by atoms with E-state index >= 15 is 0 Å². The van der Waals surface area contributed by atoms with Crippen molar-refractivity contribution in [2.75, 3.05) is 0 Å². The fourth-order valence-corrected chi connectivity index (χ4v) is 12.6. The van der Waals surface area contributed by atoms with Crippen LogP contribution in [0, 0.1) is 23.2 Å². The van der Waals surface area contributed by atoms with Crippen LogP contribution in [0.4, 0.5) is 0 Å². The summed E-state index contributed by atoms with van der Waals surface area (Å²) >= 11 is 0. The Hall–Kier alpha value is -0.249. The van der Waals surface area contributed by atoms with Crippen LogP contribution >= 0.6 is 0 Å². The van der Waals surface area contributed by atoms with Gasteiger partial charge < -0.3 is 13.3 Å². The molecule has 0 aromatic carbocycles. The summed E-state index contributed by atoms with van der Waals surface area (Å²) in [7, 11) is -5.66. The Bertz CT molecular complexity index is 1180. The second-order valence-corrected chi connectivity index (χ2v) is 36.2. The molecule has 3 aliphatic carbocycles. The van der Waals surface area contributed by atoms with Gasteiger partial charge in [-0.05, 0) is 141 Å². The van der Waals surface area contributed by atoms with Crippen molar-refractivity contribution in [3.63, 3.8) is 0 Å². The Morgan fingerprint density at radius 1 is 0.760 bits per heavy atom. The van der Waals surface area contributed by atoms with E-state index in [0.717, 1.165) is 30.6 Å². The third kappa shape index (κ3) is 10.3. The van der Waals surface area contributed by atoms with E-state index in [1.807, 2.05) is 0 Å². The third-order valence-corrected chi connectivity index (χ3v) is 28.6. The topological polar surface area (TPSA) is 27.7 Å². The summed E-state index contributed by atoms with van der Waals surface area (Å²) in [6.45, 7) is 47.6. The minimum absolute atomic E-state index is 0.0346. The molecule has 0 bridgehead atoms. The van der Waals surface area contributed by atoms with E-state index in [9.17, 15) is 0 Å². The largest absolute Gasteiger partial charge is 0.414 e. The highest BCUT2D eigenvalue weighted by atomic mass is 28.4. The highest BCUT2D eigenvalue weighted by Gasteiger charge is 2.51. The number of allylic oxidation sites excluding steroid dienone is 3. The molecule has 6 heteroatoms. The molecule has 0 spiro atoms. The van der Waals surface area contributed by atoms with Crippen LogP contribution in [0.5, 0.6) is 0 Å². The molecule has 3 aliphatic rings. The number of fused-ring (bicyclic) bond motifs is 1. The van der Waals surface area contributed by atoms with E-state index < -0.39 is 25.0 Å². The molecule has 3 nitrogen and oxygen atoms in total. The van der Waals surface area contributed by atoms with Gasteiger partial charge in [0.15, 0.2) is 25.0 Å². The van der Waals surface area contributed by atoms with E-state index in [1.54, 1.807) is 5.57 Å². The predicted molar refractivity (Wildman–Crippen MR) is 228 cm³/mol. The van der Waals surface area contributed by atoms with Crippen molar-refractivity contribution in [1.29, 1.82) is 0 Å². The van der Waals surface area contributed by atoms with E-state index in [-0.39, 0.29) is 27.3 Å². The quantitative estimate of drug-likeness (QED) is 0.147. The molecule has 290 valence electrons. The summed E-state index contributed by atoms with van der Waals surface area (Å²) < 4.78 is 21.0. The number of rotatable bonds is 12. The van der Waals surface area contributed by atoms with Gasteiger partial charge >= 0.3 is 0 Å². The zero-order chi connectivity index (χ0) is 38.3. The highest BCUT2D eigenvalue weighted by molar-refractivity contribution is 6.75. The Morgan fingerprint density at radius 3 is 1.74 bits per heavy atom. The van der Waals surface area contributed by atoms with E-state index in [4.69, 9.17) is 13.3 Å². The molecule has 0 N–H and O–H groups in total. The molecule has 3 fully saturated rings. The van der Waals surface area contributed by atoms with Gasteiger partial charge in [0, 0.05) is 6.10 Å². The van der Waals surface area contributed by atoms with E-state index in [2.05, 4.69) is 141 Å². The minimum Gasteiger partial charge on any atom is -0.414 e. The first-order chi connectivity index (χ1) is 22.5. The van der Waals surface area contributed by atoms with Gasteiger partial charge in [0.2, 0.25) is 0 Å². The van der Waals surface area contributed by atoms with Gasteiger partial charge in [0.05, 0.1) is 12.2 Å². The lowest BCUT2D eigenvalue weighted by atomic mass is 9.60. The van der Waals surface area contributed by atoms with E-state index in [0.29, 0.717) is 11.5 Å². The zero-order valence-electron chi connectivity index (χ0n) is 36.6. The molecule has 3 saturated carbocycles. The third-order valence-electron chi connectivity index (χ3n) is 15.0. The summed E-state index contributed by atoms with van der Waals surface area (Å²) in [6.07, 6.45) is 17.9. The van der Waals surface area contributed by atoms with E-state index in [1.165, 1.54) is 62.5 Å².